The molecule has 32 heavy (non-hydrogen) atoms. The highest BCUT2D eigenvalue weighted by Gasteiger charge is 2.46. The van der Waals surface area contributed by atoms with Crippen molar-refractivity contribution >= 4 is 17.4 Å². The molecule has 1 aliphatic rings. The number of aromatic nitrogens is 1. The minimum atomic E-state index is -0.721. The number of aliphatic hydroxyl groups excluding tert-OH is 1. The van der Waals surface area contributed by atoms with Gasteiger partial charge < -0.3 is 14.7 Å². The van der Waals surface area contributed by atoms with Crippen LogP contribution < -0.4 is 4.74 Å². The first-order chi connectivity index (χ1) is 15.4. The number of methoxy groups -OCH3 is 1. The Morgan fingerprint density at radius 1 is 1.00 bits per heavy atom. The summed E-state index contributed by atoms with van der Waals surface area (Å²) in [7, 11) is 1.59. The standard InChI is InChI=1S/C26H24N2O4/c1-16-4-7-20(14-17(16)2)24(29)22-23(19-10-12-27-13-11-19)28(26(31)25(22)30)15-18-5-8-21(32-3)9-6-18/h4-14,23,29H,15H2,1-3H3/b24-22-. The highest BCUT2D eigenvalue weighted by Crippen LogP contribution is 2.40. The maximum Gasteiger partial charge on any atom is 0.295 e. The largest absolute Gasteiger partial charge is 0.507 e. The number of rotatable bonds is 5. The number of nitrogens with zero attached hydrogens (tertiary/aromatic N) is 2. The van der Waals surface area contributed by atoms with Crippen LogP contribution in [-0.4, -0.2) is 33.8 Å². The van der Waals surface area contributed by atoms with Crippen LogP contribution >= 0.6 is 0 Å². The number of hydrogen-bond acceptors (Lipinski definition) is 5. The zero-order valence-electron chi connectivity index (χ0n) is 18.2. The number of pyridine rings is 1. The van der Waals surface area contributed by atoms with E-state index in [1.54, 1.807) is 37.7 Å². The molecule has 4 rings (SSSR count). The van der Waals surface area contributed by atoms with Crippen LogP contribution in [0.25, 0.3) is 5.76 Å². The average molecular weight is 428 g/mol. The maximum absolute atomic E-state index is 13.1. The summed E-state index contributed by atoms with van der Waals surface area (Å²) < 4.78 is 5.20. The number of likely N-dealkylation sites (tertiary alicyclic amines) is 1. The Hall–Kier alpha value is -3.93. The monoisotopic (exact) mass is 428 g/mol. The second-order valence-corrected chi connectivity index (χ2v) is 7.85. The van der Waals surface area contributed by atoms with Crippen LogP contribution in [0.15, 0.2) is 72.6 Å². The Kier molecular flexibility index (Phi) is 5.77. The lowest BCUT2D eigenvalue weighted by Crippen LogP contribution is -2.29. The van der Waals surface area contributed by atoms with E-state index in [0.717, 1.165) is 16.7 Å². The summed E-state index contributed by atoms with van der Waals surface area (Å²) in [5.41, 5.74) is 4.21. The van der Waals surface area contributed by atoms with Crippen LogP contribution in [0.4, 0.5) is 0 Å². The Morgan fingerprint density at radius 2 is 1.69 bits per heavy atom. The predicted molar refractivity (Wildman–Crippen MR) is 121 cm³/mol. The van der Waals surface area contributed by atoms with Crippen LogP contribution in [0.1, 0.15) is 33.9 Å². The fourth-order valence-corrected chi connectivity index (χ4v) is 3.91. The molecule has 1 atom stereocenters. The van der Waals surface area contributed by atoms with E-state index in [1.165, 1.54) is 4.90 Å². The van der Waals surface area contributed by atoms with E-state index in [4.69, 9.17) is 4.74 Å². The summed E-state index contributed by atoms with van der Waals surface area (Å²) in [6.07, 6.45) is 3.22. The molecule has 0 radical (unpaired) electrons. The van der Waals surface area contributed by atoms with Gasteiger partial charge in [0, 0.05) is 24.5 Å². The molecule has 0 aliphatic carbocycles. The number of Topliss-reactive ketones (excluding diaryl/α,β-unsaturated/α-hetero) is 1. The second-order valence-electron chi connectivity index (χ2n) is 7.85. The first kappa shape index (κ1) is 21.3. The Morgan fingerprint density at radius 3 is 2.31 bits per heavy atom. The number of benzene rings is 2. The molecule has 2 aromatic carbocycles. The summed E-state index contributed by atoms with van der Waals surface area (Å²) in [5, 5.41) is 11.2. The molecule has 2 heterocycles. The predicted octanol–water partition coefficient (Wildman–Crippen LogP) is 4.33. The molecule has 0 bridgehead atoms. The van der Waals surface area contributed by atoms with E-state index in [9.17, 15) is 14.7 Å². The zero-order chi connectivity index (χ0) is 22.8. The minimum Gasteiger partial charge on any atom is -0.507 e. The van der Waals surface area contributed by atoms with E-state index in [2.05, 4.69) is 4.98 Å². The highest BCUT2D eigenvalue weighted by molar-refractivity contribution is 6.46. The van der Waals surface area contributed by atoms with E-state index >= 15 is 0 Å². The van der Waals surface area contributed by atoms with Crippen molar-refractivity contribution in [1.82, 2.24) is 9.88 Å². The molecule has 3 aromatic rings. The molecule has 1 saturated heterocycles. The normalized spacial score (nSPS) is 17.6. The molecule has 6 nitrogen and oxygen atoms in total. The Bertz CT molecular complexity index is 1200. The van der Waals surface area contributed by atoms with Crippen molar-refractivity contribution in [2.75, 3.05) is 7.11 Å². The van der Waals surface area contributed by atoms with Gasteiger partial charge in [0.1, 0.15) is 11.5 Å². The van der Waals surface area contributed by atoms with Crippen molar-refractivity contribution in [2.24, 2.45) is 0 Å². The number of ketones is 1. The van der Waals surface area contributed by atoms with Crippen LogP contribution in [0.5, 0.6) is 5.75 Å². The molecule has 1 aliphatic heterocycles. The molecule has 6 heteroatoms. The number of amides is 1. The number of aliphatic hydroxyl groups is 1. The van der Waals surface area contributed by atoms with Gasteiger partial charge in [-0.05, 0) is 66.4 Å². The molecule has 0 saturated carbocycles. The van der Waals surface area contributed by atoms with Gasteiger partial charge in [0.05, 0.1) is 18.7 Å². The van der Waals surface area contributed by atoms with Crippen LogP contribution in [0.2, 0.25) is 0 Å². The molecule has 1 unspecified atom stereocenters. The lowest BCUT2D eigenvalue weighted by atomic mass is 9.94. The summed E-state index contributed by atoms with van der Waals surface area (Å²) in [6.45, 7) is 4.13. The van der Waals surface area contributed by atoms with Crippen molar-refractivity contribution in [2.45, 2.75) is 26.4 Å². The first-order valence-electron chi connectivity index (χ1n) is 10.3. The summed E-state index contributed by atoms with van der Waals surface area (Å²) in [6, 6.07) is 15.6. The van der Waals surface area contributed by atoms with E-state index in [1.807, 2.05) is 50.2 Å². The first-order valence-corrected chi connectivity index (χ1v) is 10.3. The second kappa shape index (κ2) is 8.67. The van der Waals surface area contributed by atoms with Gasteiger partial charge in [-0.2, -0.15) is 0 Å². The van der Waals surface area contributed by atoms with E-state index in [-0.39, 0.29) is 17.9 Å². The van der Waals surface area contributed by atoms with E-state index < -0.39 is 17.7 Å². The summed E-state index contributed by atoms with van der Waals surface area (Å²) in [4.78, 5) is 31.7. The molecular weight excluding hydrogens is 404 g/mol. The van der Waals surface area contributed by atoms with Gasteiger partial charge in [-0.3, -0.25) is 14.6 Å². The molecule has 1 N–H and O–H groups in total. The highest BCUT2D eigenvalue weighted by atomic mass is 16.5. The molecular formula is C26H24N2O4. The summed E-state index contributed by atoms with van der Waals surface area (Å²) >= 11 is 0. The fraction of sp³-hybridized carbons (Fsp3) is 0.192. The molecule has 162 valence electrons. The molecule has 1 amide bonds. The summed E-state index contributed by atoms with van der Waals surface area (Å²) in [5.74, 6) is -0.814. The van der Waals surface area contributed by atoms with Gasteiger partial charge in [-0.1, -0.05) is 24.3 Å². The van der Waals surface area contributed by atoms with Gasteiger partial charge in [-0.15, -0.1) is 0 Å². The third-order valence-corrected chi connectivity index (χ3v) is 5.85. The van der Waals surface area contributed by atoms with Crippen molar-refractivity contribution in [1.29, 1.82) is 0 Å². The Labute approximate surface area is 186 Å². The number of carbonyl (C=O) groups excluding carboxylic acids is 2. The van der Waals surface area contributed by atoms with E-state index in [0.29, 0.717) is 16.9 Å². The molecule has 0 spiro atoms. The van der Waals surface area contributed by atoms with Gasteiger partial charge in [-0.25, -0.2) is 0 Å². The number of carbonyl (C=O) groups is 2. The smallest absolute Gasteiger partial charge is 0.295 e. The lowest BCUT2D eigenvalue weighted by Gasteiger charge is -2.25. The minimum absolute atomic E-state index is 0.0814. The van der Waals surface area contributed by atoms with Crippen molar-refractivity contribution in [3.05, 3.63) is 100 Å². The zero-order valence-corrected chi connectivity index (χ0v) is 18.2. The number of aryl methyl sites for hydroxylation is 2. The van der Waals surface area contributed by atoms with Crippen LogP contribution in [0, 0.1) is 13.8 Å². The fourth-order valence-electron chi connectivity index (χ4n) is 3.91. The Balaban J connectivity index is 1.82. The maximum atomic E-state index is 13.1. The number of ether oxygens (including phenoxy) is 1. The number of hydrogen-bond donors (Lipinski definition) is 1. The lowest BCUT2D eigenvalue weighted by molar-refractivity contribution is -0.140. The third-order valence-electron chi connectivity index (χ3n) is 5.85. The average Bonchev–Trinajstić information content (AvgIpc) is 3.06. The van der Waals surface area contributed by atoms with Gasteiger partial charge in [0.15, 0.2) is 0 Å². The molecule has 1 fully saturated rings. The van der Waals surface area contributed by atoms with Crippen molar-refractivity contribution < 1.29 is 19.4 Å². The topological polar surface area (TPSA) is 79.7 Å². The third kappa shape index (κ3) is 3.87. The SMILES string of the molecule is COc1ccc(CN2C(=O)C(=O)/C(=C(\O)c3ccc(C)c(C)c3)C2c2ccncc2)cc1. The van der Waals surface area contributed by atoms with Crippen molar-refractivity contribution in [3.8, 4) is 5.75 Å². The quantitative estimate of drug-likeness (QED) is 0.372. The van der Waals surface area contributed by atoms with Crippen LogP contribution in [0.3, 0.4) is 0 Å². The van der Waals surface area contributed by atoms with Crippen LogP contribution in [-0.2, 0) is 16.1 Å². The van der Waals surface area contributed by atoms with Crippen molar-refractivity contribution in [3.63, 3.8) is 0 Å². The van der Waals surface area contributed by atoms with Gasteiger partial charge in [0.25, 0.3) is 11.7 Å². The van der Waals surface area contributed by atoms with Gasteiger partial charge >= 0.3 is 0 Å². The molecule has 1 aromatic heterocycles. The van der Waals surface area contributed by atoms with Gasteiger partial charge in [0.2, 0.25) is 0 Å².